The van der Waals surface area contributed by atoms with E-state index in [1.54, 1.807) is 6.33 Å². The van der Waals surface area contributed by atoms with Gasteiger partial charge in [-0.3, -0.25) is 0 Å². The van der Waals surface area contributed by atoms with E-state index in [0.717, 1.165) is 22.8 Å². The lowest BCUT2D eigenvalue weighted by molar-refractivity contribution is 0.222. The molecule has 0 fully saturated rings. The lowest BCUT2D eigenvalue weighted by Gasteiger charge is -2.15. The van der Waals surface area contributed by atoms with Crippen molar-refractivity contribution in [2.24, 2.45) is 0 Å². The summed E-state index contributed by atoms with van der Waals surface area (Å²) in [6, 6.07) is 8.17. The minimum atomic E-state index is -0.0495. The molecule has 0 aliphatic heterocycles. The number of anilines is 1. The van der Waals surface area contributed by atoms with Crippen LogP contribution in [-0.2, 0) is 0 Å². The molecule has 3 N–H and O–H groups in total. The van der Waals surface area contributed by atoms with E-state index < -0.39 is 0 Å². The zero-order chi connectivity index (χ0) is 17.1. The predicted octanol–water partition coefficient (Wildman–Crippen LogP) is 3.20. The summed E-state index contributed by atoms with van der Waals surface area (Å²) in [6.45, 7) is 4.19. The fourth-order valence-corrected chi connectivity index (χ4v) is 3.49. The third-order valence-electron chi connectivity index (χ3n) is 3.87. The van der Waals surface area contributed by atoms with Crippen LogP contribution in [-0.4, -0.2) is 31.2 Å². The number of nitrogens with two attached hydrogens (primary N) is 1. The number of aromatic nitrogens is 4. The SMILES string of the molecule is CCCC(CO)n1cnc2c(Sc3ccc(C)cc3)nc(N)nc21. The third-order valence-corrected chi connectivity index (χ3v) is 4.85. The van der Waals surface area contributed by atoms with Gasteiger partial charge in [0.15, 0.2) is 5.65 Å². The van der Waals surface area contributed by atoms with Crippen molar-refractivity contribution in [1.82, 2.24) is 19.5 Å². The Kier molecular flexibility index (Phi) is 5.01. The molecule has 0 radical (unpaired) electrons. The van der Waals surface area contributed by atoms with Gasteiger partial charge in [0.1, 0.15) is 10.5 Å². The van der Waals surface area contributed by atoms with Crippen LogP contribution in [0.5, 0.6) is 0 Å². The van der Waals surface area contributed by atoms with Gasteiger partial charge in [-0.1, -0.05) is 42.8 Å². The Morgan fingerprint density at radius 2 is 2.00 bits per heavy atom. The summed E-state index contributed by atoms with van der Waals surface area (Å²) in [5.41, 5.74) is 8.50. The molecule has 1 unspecified atom stereocenters. The lowest BCUT2D eigenvalue weighted by atomic mass is 10.2. The Morgan fingerprint density at radius 3 is 2.67 bits per heavy atom. The molecule has 0 bridgehead atoms. The van der Waals surface area contributed by atoms with Crippen LogP contribution in [0.15, 0.2) is 40.5 Å². The second-order valence-corrected chi connectivity index (χ2v) is 6.81. The summed E-state index contributed by atoms with van der Waals surface area (Å²) in [6.07, 6.45) is 3.54. The standard InChI is InChI=1S/C17H21N5OS/c1-3-4-12(9-23)22-10-19-14-15(22)20-17(18)21-16(14)24-13-7-5-11(2)6-8-13/h5-8,10,12,23H,3-4,9H2,1-2H3,(H2,18,20,21). The van der Waals surface area contributed by atoms with Crippen molar-refractivity contribution in [1.29, 1.82) is 0 Å². The molecule has 0 aliphatic carbocycles. The van der Waals surface area contributed by atoms with Gasteiger partial charge >= 0.3 is 0 Å². The van der Waals surface area contributed by atoms with Crippen LogP contribution in [0.4, 0.5) is 5.95 Å². The zero-order valence-corrected chi connectivity index (χ0v) is 14.6. The minimum absolute atomic E-state index is 0.0453. The van der Waals surface area contributed by atoms with Crippen LogP contribution in [0.25, 0.3) is 11.2 Å². The summed E-state index contributed by atoms with van der Waals surface area (Å²) in [5, 5.41) is 10.4. The van der Waals surface area contributed by atoms with Crippen LogP contribution in [0.2, 0.25) is 0 Å². The topological polar surface area (TPSA) is 89.8 Å². The van der Waals surface area contributed by atoms with E-state index in [1.807, 2.05) is 4.57 Å². The monoisotopic (exact) mass is 343 g/mol. The van der Waals surface area contributed by atoms with E-state index in [9.17, 15) is 5.11 Å². The Labute approximate surface area is 145 Å². The Hall–Kier alpha value is -2.12. The van der Waals surface area contributed by atoms with Crippen LogP contribution in [0.1, 0.15) is 31.4 Å². The molecule has 0 saturated heterocycles. The first kappa shape index (κ1) is 16.7. The quantitative estimate of drug-likeness (QED) is 0.668. The van der Waals surface area contributed by atoms with Gasteiger partial charge in [-0.15, -0.1) is 0 Å². The summed E-state index contributed by atoms with van der Waals surface area (Å²) < 4.78 is 1.90. The van der Waals surface area contributed by atoms with Gasteiger partial charge in [-0.2, -0.15) is 4.98 Å². The Bertz CT molecular complexity index is 831. The van der Waals surface area contributed by atoms with E-state index in [-0.39, 0.29) is 18.6 Å². The first-order chi connectivity index (χ1) is 11.6. The number of rotatable bonds is 6. The number of hydrogen-bond acceptors (Lipinski definition) is 6. The van der Waals surface area contributed by atoms with Crippen molar-refractivity contribution in [2.45, 2.75) is 42.7 Å². The number of aliphatic hydroxyl groups excluding tert-OH is 1. The smallest absolute Gasteiger partial charge is 0.223 e. The van der Waals surface area contributed by atoms with E-state index in [0.29, 0.717) is 11.2 Å². The number of hydrogen-bond donors (Lipinski definition) is 2. The predicted molar refractivity (Wildman–Crippen MR) is 96.1 cm³/mol. The first-order valence-electron chi connectivity index (χ1n) is 7.97. The highest BCUT2D eigenvalue weighted by Crippen LogP contribution is 2.32. The fraction of sp³-hybridized carbons (Fsp3) is 0.353. The van der Waals surface area contributed by atoms with Crippen LogP contribution < -0.4 is 5.73 Å². The molecule has 0 saturated carbocycles. The highest BCUT2D eigenvalue weighted by Gasteiger charge is 2.18. The number of nitrogen functional groups attached to an aromatic ring is 1. The highest BCUT2D eigenvalue weighted by atomic mass is 32.2. The van der Waals surface area contributed by atoms with Crippen molar-refractivity contribution in [3.8, 4) is 0 Å². The van der Waals surface area contributed by atoms with Gasteiger partial charge in [0, 0.05) is 4.90 Å². The van der Waals surface area contributed by atoms with Gasteiger partial charge in [0.05, 0.1) is 19.0 Å². The normalized spacial score (nSPS) is 12.6. The number of nitrogens with zero attached hydrogens (tertiary/aromatic N) is 4. The van der Waals surface area contributed by atoms with Crippen molar-refractivity contribution in [2.75, 3.05) is 12.3 Å². The lowest BCUT2D eigenvalue weighted by Crippen LogP contribution is -2.13. The van der Waals surface area contributed by atoms with Crippen LogP contribution in [0.3, 0.4) is 0 Å². The second-order valence-electron chi connectivity index (χ2n) is 5.75. The second kappa shape index (κ2) is 7.19. The first-order valence-corrected chi connectivity index (χ1v) is 8.79. The summed E-state index contributed by atoms with van der Waals surface area (Å²) in [5.74, 6) is 0.215. The van der Waals surface area contributed by atoms with Crippen LogP contribution in [0, 0.1) is 6.92 Å². The molecule has 6 nitrogen and oxygen atoms in total. The molecule has 2 aromatic heterocycles. The summed E-state index contributed by atoms with van der Waals surface area (Å²) >= 11 is 1.52. The van der Waals surface area contributed by atoms with E-state index in [1.165, 1.54) is 17.3 Å². The molecular weight excluding hydrogens is 322 g/mol. The van der Waals surface area contributed by atoms with Crippen LogP contribution >= 0.6 is 11.8 Å². The molecule has 0 spiro atoms. The molecule has 1 atom stereocenters. The molecule has 0 aliphatic rings. The Morgan fingerprint density at radius 1 is 1.25 bits per heavy atom. The molecule has 0 amide bonds. The fourth-order valence-electron chi connectivity index (χ4n) is 2.61. The molecule has 7 heteroatoms. The molecule has 2 heterocycles. The maximum absolute atomic E-state index is 9.66. The summed E-state index contributed by atoms with van der Waals surface area (Å²) in [4.78, 5) is 14.2. The van der Waals surface area contributed by atoms with Crippen molar-refractivity contribution >= 4 is 28.9 Å². The van der Waals surface area contributed by atoms with Gasteiger partial charge < -0.3 is 15.4 Å². The number of benzene rings is 1. The number of aliphatic hydroxyl groups is 1. The van der Waals surface area contributed by atoms with E-state index in [4.69, 9.17) is 5.73 Å². The highest BCUT2D eigenvalue weighted by molar-refractivity contribution is 7.99. The molecule has 3 aromatic rings. The number of imidazole rings is 1. The van der Waals surface area contributed by atoms with Gasteiger partial charge in [-0.05, 0) is 25.5 Å². The van der Waals surface area contributed by atoms with Crippen molar-refractivity contribution in [3.63, 3.8) is 0 Å². The van der Waals surface area contributed by atoms with Gasteiger partial charge in [-0.25, -0.2) is 9.97 Å². The summed E-state index contributed by atoms with van der Waals surface area (Å²) in [7, 11) is 0. The molecular formula is C17H21N5OS. The zero-order valence-electron chi connectivity index (χ0n) is 13.8. The van der Waals surface area contributed by atoms with Crippen molar-refractivity contribution in [3.05, 3.63) is 36.2 Å². The van der Waals surface area contributed by atoms with E-state index >= 15 is 0 Å². The Balaban J connectivity index is 2.02. The molecule has 24 heavy (non-hydrogen) atoms. The third kappa shape index (κ3) is 3.37. The van der Waals surface area contributed by atoms with Gasteiger partial charge in [0.2, 0.25) is 5.95 Å². The van der Waals surface area contributed by atoms with Crippen molar-refractivity contribution < 1.29 is 5.11 Å². The minimum Gasteiger partial charge on any atom is -0.394 e. The number of aryl methyl sites for hydroxylation is 1. The maximum Gasteiger partial charge on any atom is 0.223 e. The molecule has 3 rings (SSSR count). The largest absolute Gasteiger partial charge is 0.394 e. The molecule has 126 valence electrons. The number of fused-ring (bicyclic) bond motifs is 1. The average Bonchev–Trinajstić information content (AvgIpc) is 2.98. The van der Waals surface area contributed by atoms with E-state index in [2.05, 4.69) is 53.1 Å². The molecule has 1 aromatic carbocycles. The average molecular weight is 343 g/mol. The van der Waals surface area contributed by atoms with Gasteiger partial charge in [0.25, 0.3) is 0 Å². The maximum atomic E-state index is 9.66.